The van der Waals surface area contributed by atoms with Gasteiger partial charge in [-0.1, -0.05) is 39.0 Å². The second-order valence-corrected chi connectivity index (χ2v) is 5.73. The Morgan fingerprint density at radius 2 is 2.00 bits per heavy atom. The number of rotatable bonds is 4. The average Bonchev–Trinajstić information content (AvgIpc) is 2.90. The molecule has 0 spiro atoms. The van der Waals surface area contributed by atoms with Gasteiger partial charge in [0.25, 0.3) is 0 Å². The van der Waals surface area contributed by atoms with Gasteiger partial charge in [-0.25, -0.2) is 4.98 Å². The topological polar surface area (TPSA) is 47.3 Å². The highest BCUT2D eigenvalue weighted by Crippen LogP contribution is 2.27. The summed E-state index contributed by atoms with van der Waals surface area (Å²) in [5.41, 5.74) is -0.318. The van der Waals surface area contributed by atoms with Gasteiger partial charge in [-0.05, 0) is 17.5 Å². The predicted molar refractivity (Wildman–Crippen MR) is 79.0 cm³/mol. The molecule has 1 atom stereocenters. The largest absolute Gasteiger partial charge is 0.457 e. The molecule has 1 unspecified atom stereocenters. The van der Waals surface area contributed by atoms with Gasteiger partial charge < -0.3 is 14.4 Å². The van der Waals surface area contributed by atoms with E-state index < -0.39 is 6.10 Å². The molecule has 106 valence electrons. The second-order valence-electron chi connectivity index (χ2n) is 5.73. The molecule has 4 nitrogen and oxygen atoms in total. The molecule has 1 aromatic carbocycles. The van der Waals surface area contributed by atoms with Crippen molar-refractivity contribution in [2.24, 2.45) is 5.41 Å². The molecule has 0 amide bonds. The van der Waals surface area contributed by atoms with Crippen molar-refractivity contribution in [3.8, 4) is 5.75 Å². The van der Waals surface area contributed by atoms with E-state index in [1.54, 1.807) is 29.5 Å². The van der Waals surface area contributed by atoms with Crippen LogP contribution in [0, 0.1) is 5.41 Å². The van der Waals surface area contributed by atoms with E-state index in [-0.39, 0.29) is 5.41 Å². The van der Waals surface area contributed by atoms with E-state index in [0.29, 0.717) is 11.5 Å². The molecule has 0 aliphatic heterocycles. The first-order valence-corrected chi connectivity index (χ1v) is 6.57. The molecule has 0 saturated carbocycles. The van der Waals surface area contributed by atoms with Gasteiger partial charge in [0.2, 0.25) is 0 Å². The minimum Gasteiger partial charge on any atom is -0.457 e. The lowest BCUT2D eigenvalue weighted by Crippen LogP contribution is -2.30. The summed E-state index contributed by atoms with van der Waals surface area (Å²) in [6.45, 7) is 5.90. The van der Waals surface area contributed by atoms with Gasteiger partial charge in [0, 0.05) is 12.4 Å². The first-order chi connectivity index (χ1) is 9.47. The number of aliphatic hydroxyl groups is 1. The Balaban J connectivity index is 2.30. The SMILES string of the molecule is CC(C)(C)C(O)C(=Cn1ccnc1)Oc1ccccc1. The molecule has 1 N–H and O–H groups in total. The molecule has 0 saturated heterocycles. The highest BCUT2D eigenvalue weighted by atomic mass is 16.5. The number of para-hydroxylation sites is 1. The van der Waals surface area contributed by atoms with Crippen LogP contribution < -0.4 is 4.74 Å². The van der Waals surface area contributed by atoms with Crippen molar-refractivity contribution in [2.45, 2.75) is 26.9 Å². The van der Waals surface area contributed by atoms with Crippen molar-refractivity contribution >= 4 is 6.20 Å². The zero-order valence-electron chi connectivity index (χ0n) is 12.0. The molecular weight excluding hydrogens is 252 g/mol. The summed E-state index contributed by atoms with van der Waals surface area (Å²) in [5.74, 6) is 1.18. The van der Waals surface area contributed by atoms with Gasteiger partial charge in [-0.2, -0.15) is 0 Å². The van der Waals surface area contributed by atoms with Crippen LogP contribution in [0.3, 0.4) is 0 Å². The lowest BCUT2D eigenvalue weighted by Gasteiger charge is -2.27. The number of imidazole rings is 1. The van der Waals surface area contributed by atoms with Crippen LogP contribution in [0.4, 0.5) is 0 Å². The van der Waals surface area contributed by atoms with Crippen LogP contribution in [0.1, 0.15) is 20.8 Å². The fraction of sp³-hybridized carbons (Fsp3) is 0.312. The molecule has 1 heterocycles. The van der Waals surface area contributed by atoms with Gasteiger partial charge in [0.1, 0.15) is 17.6 Å². The Kier molecular flexibility index (Phi) is 4.25. The van der Waals surface area contributed by atoms with Crippen molar-refractivity contribution in [3.05, 3.63) is 54.8 Å². The maximum Gasteiger partial charge on any atom is 0.150 e. The first kappa shape index (κ1) is 14.3. The Morgan fingerprint density at radius 3 is 2.55 bits per heavy atom. The van der Waals surface area contributed by atoms with Crippen molar-refractivity contribution in [3.63, 3.8) is 0 Å². The van der Waals surface area contributed by atoms with Gasteiger partial charge in [0.05, 0.1) is 12.5 Å². The zero-order chi connectivity index (χ0) is 14.6. The Morgan fingerprint density at radius 1 is 1.30 bits per heavy atom. The first-order valence-electron chi connectivity index (χ1n) is 6.57. The lowest BCUT2D eigenvalue weighted by molar-refractivity contribution is 0.0637. The van der Waals surface area contributed by atoms with Gasteiger partial charge >= 0.3 is 0 Å². The summed E-state index contributed by atoms with van der Waals surface area (Å²) in [6, 6.07) is 9.43. The van der Waals surface area contributed by atoms with E-state index in [1.165, 1.54) is 0 Å². The molecule has 20 heavy (non-hydrogen) atoms. The number of nitrogens with zero attached hydrogens (tertiary/aromatic N) is 2. The van der Waals surface area contributed by atoms with E-state index in [1.807, 2.05) is 51.1 Å². The lowest BCUT2D eigenvalue weighted by atomic mass is 9.88. The summed E-state index contributed by atoms with van der Waals surface area (Å²) in [4.78, 5) is 3.98. The van der Waals surface area contributed by atoms with Crippen LogP contribution in [-0.2, 0) is 0 Å². The molecule has 1 aromatic heterocycles. The second kappa shape index (κ2) is 5.92. The summed E-state index contributed by atoms with van der Waals surface area (Å²) >= 11 is 0. The van der Waals surface area contributed by atoms with Crippen molar-refractivity contribution in [2.75, 3.05) is 0 Å². The van der Waals surface area contributed by atoms with Crippen LogP contribution >= 0.6 is 0 Å². The normalized spacial score (nSPS) is 14.1. The van der Waals surface area contributed by atoms with E-state index in [2.05, 4.69) is 4.98 Å². The maximum atomic E-state index is 10.5. The smallest absolute Gasteiger partial charge is 0.150 e. The highest BCUT2D eigenvalue weighted by Gasteiger charge is 2.27. The van der Waals surface area contributed by atoms with Crippen molar-refractivity contribution in [1.82, 2.24) is 9.55 Å². The predicted octanol–water partition coefficient (Wildman–Crippen LogP) is 3.17. The fourth-order valence-electron chi connectivity index (χ4n) is 1.70. The molecule has 0 aliphatic rings. The quantitative estimate of drug-likeness (QED) is 0.870. The third-order valence-electron chi connectivity index (χ3n) is 2.87. The van der Waals surface area contributed by atoms with E-state index >= 15 is 0 Å². The third kappa shape index (κ3) is 3.71. The Hall–Kier alpha value is -2.07. The van der Waals surface area contributed by atoms with Crippen molar-refractivity contribution < 1.29 is 9.84 Å². The number of aliphatic hydroxyl groups excluding tert-OH is 1. The van der Waals surface area contributed by atoms with Crippen molar-refractivity contribution in [1.29, 1.82) is 0 Å². The van der Waals surface area contributed by atoms with Crippen LogP contribution in [0.5, 0.6) is 5.75 Å². The van der Waals surface area contributed by atoms with E-state index in [0.717, 1.165) is 0 Å². The van der Waals surface area contributed by atoms with Crippen LogP contribution in [0.25, 0.3) is 6.20 Å². The van der Waals surface area contributed by atoms with Gasteiger partial charge in [0.15, 0.2) is 0 Å². The highest BCUT2D eigenvalue weighted by molar-refractivity contribution is 5.34. The Labute approximate surface area is 119 Å². The summed E-state index contributed by atoms with van der Waals surface area (Å²) in [7, 11) is 0. The van der Waals surface area contributed by atoms with Crippen LogP contribution in [-0.4, -0.2) is 20.8 Å². The molecule has 0 radical (unpaired) electrons. The summed E-state index contributed by atoms with van der Waals surface area (Å²) in [6.07, 6.45) is 6.16. The standard InChI is InChI=1S/C16H20N2O2/c1-16(2,3)15(19)14(11-18-10-9-17-12-18)20-13-7-5-4-6-8-13/h4-12,15,19H,1-3H3. The van der Waals surface area contributed by atoms with E-state index in [4.69, 9.17) is 4.74 Å². The maximum absolute atomic E-state index is 10.5. The average molecular weight is 272 g/mol. The van der Waals surface area contributed by atoms with Crippen LogP contribution in [0.15, 0.2) is 54.8 Å². The molecule has 4 heteroatoms. The molecular formula is C16H20N2O2. The number of aromatic nitrogens is 2. The molecule has 0 aliphatic carbocycles. The number of hydrogen-bond donors (Lipinski definition) is 1. The number of benzene rings is 1. The summed E-state index contributed by atoms with van der Waals surface area (Å²) < 4.78 is 7.60. The van der Waals surface area contributed by atoms with E-state index in [9.17, 15) is 5.11 Å². The minimum absolute atomic E-state index is 0.318. The molecule has 2 rings (SSSR count). The number of ether oxygens (including phenoxy) is 1. The molecule has 0 bridgehead atoms. The summed E-state index contributed by atoms with van der Waals surface area (Å²) in [5, 5.41) is 10.5. The van der Waals surface area contributed by atoms with Crippen LogP contribution in [0.2, 0.25) is 0 Å². The van der Waals surface area contributed by atoms with Gasteiger partial charge in [-0.15, -0.1) is 0 Å². The molecule has 2 aromatic rings. The Bertz CT molecular complexity index is 554. The third-order valence-corrected chi connectivity index (χ3v) is 2.87. The van der Waals surface area contributed by atoms with Gasteiger partial charge in [-0.3, -0.25) is 0 Å². The minimum atomic E-state index is -0.717. The monoisotopic (exact) mass is 272 g/mol. The molecule has 0 fully saturated rings. The zero-order valence-corrected chi connectivity index (χ0v) is 12.0. The number of hydrogen-bond acceptors (Lipinski definition) is 3. The fourth-order valence-corrected chi connectivity index (χ4v) is 1.70.